The molecule has 4 heteroatoms. The van der Waals surface area contributed by atoms with Crippen molar-refractivity contribution in [2.24, 2.45) is 0 Å². The van der Waals surface area contributed by atoms with Crippen LogP contribution in [0, 0.1) is 11.5 Å². The molecule has 0 aliphatic rings. The number of nitrogens with zero attached hydrogens (tertiary/aromatic N) is 2. The molecule has 0 saturated carbocycles. The molecule has 0 aliphatic carbocycles. The zero-order valence-electron chi connectivity index (χ0n) is 5.46. The highest BCUT2D eigenvalue weighted by atomic mass is 14.9. The van der Waals surface area contributed by atoms with E-state index < -0.39 is 0 Å². The summed E-state index contributed by atoms with van der Waals surface area (Å²) in [5, 5.41) is 10.6. The van der Waals surface area contributed by atoms with Crippen molar-refractivity contribution >= 4 is 0 Å². The molecule has 1 heterocycles. The van der Waals surface area contributed by atoms with E-state index in [1.54, 1.807) is 12.4 Å². The van der Waals surface area contributed by atoms with Crippen molar-refractivity contribution in [2.45, 2.75) is 6.42 Å². The first kappa shape index (κ1) is 6.62. The predicted molar refractivity (Wildman–Crippen MR) is 35.9 cm³/mol. The van der Waals surface area contributed by atoms with Crippen molar-refractivity contribution in [3.63, 3.8) is 0 Å². The van der Waals surface area contributed by atoms with Crippen molar-refractivity contribution in [3.8, 4) is 6.19 Å². The van der Waals surface area contributed by atoms with E-state index in [9.17, 15) is 0 Å². The van der Waals surface area contributed by atoms with E-state index in [0.29, 0.717) is 6.54 Å². The minimum absolute atomic E-state index is 0.643. The Kier molecular flexibility index (Phi) is 2.32. The van der Waals surface area contributed by atoms with Gasteiger partial charge in [0.05, 0.1) is 0 Å². The molecule has 0 saturated heterocycles. The maximum Gasteiger partial charge on any atom is 0.176 e. The molecule has 0 amide bonds. The predicted octanol–water partition coefficient (Wildman–Crippen LogP) is 0.0229. The summed E-state index contributed by atoms with van der Waals surface area (Å²) in [7, 11) is 0. The minimum atomic E-state index is 0.643. The molecule has 0 atom stereocenters. The lowest BCUT2D eigenvalue weighted by molar-refractivity contribution is 0.806. The Bertz CT molecular complexity index is 208. The lowest BCUT2D eigenvalue weighted by Gasteiger charge is -1.91. The number of hydrogen-bond donors (Lipinski definition) is 2. The van der Waals surface area contributed by atoms with Crippen LogP contribution in [0.25, 0.3) is 0 Å². The van der Waals surface area contributed by atoms with Crippen LogP contribution >= 0.6 is 0 Å². The van der Waals surface area contributed by atoms with E-state index in [1.807, 2.05) is 6.19 Å². The number of H-pyrrole nitrogens is 1. The molecule has 0 unspecified atom stereocenters. The Morgan fingerprint density at radius 2 is 2.70 bits per heavy atom. The van der Waals surface area contributed by atoms with Gasteiger partial charge in [0, 0.05) is 25.4 Å². The average molecular weight is 136 g/mol. The van der Waals surface area contributed by atoms with Gasteiger partial charge in [-0.3, -0.25) is 0 Å². The largest absolute Gasteiger partial charge is 0.349 e. The highest BCUT2D eigenvalue weighted by Gasteiger charge is 1.90. The zero-order chi connectivity index (χ0) is 7.23. The van der Waals surface area contributed by atoms with Crippen LogP contribution in [0.2, 0.25) is 0 Å². The van der Waals surface area contributed by atoms with Crippen LogP contribution in [-0.2, 0) is 6.42 Å². The summed E-state index contributed by atoms with van der Waals surface area (Å²) in [6.07, 6.45) is 6.06. The highest BCUT2D eigenvalue weighted by Crippen LogP contribution is 1.86. The summed E-state index contributed by atoms with van der Waals surface area (Å²) >= 11 is 0. The highest BCUT2D eigenvalue weighted by molar-refractivity contribution is 4.88. The SMILES string of the molecule is N#CNCCc1ncc[nH]1. The second-order valence-corrected chi connectivity index (χ2v) is 1.82. The summed E-state index contributed by atoms with van der Waals surface area (Å²) in [5.41, 5.74) is 0. The van der Waals surface area contributed by atoms with E-state index in [-0.39, 0.29) is 0 Å². The van der Waals surface area contributed by atoms with Crippen LogP contribution < -0.4 is 5.32 Å². The molecular weight excluding hydrogens is 128 g/mol. The number of nitrogens with one attached hydrogen (secondary N) is 2. The van der Waals surface area contributed by atoms with Gasteiger partial charge in [-0.2, -0.15) is 5.26 Å². The summed E-state index contributed by atoms with van der Waals surface area (Å²) in [6, 6.07) is 0. The van der Waals surface area contributed by atoms with Crippen molar-refractivity contribution in [1.82, 2.24) is 15.3 Å². The molecule has 0 spiro atoms. The summed E-state index contributed by atoms with van der Waals surface area (Å²) in [5.74, 6) is 0.905. The van der Waals surface area contributed by atoms with Crippen LogP contribution in [0.3, 0.4) is 0 Å². The maximum atomic E-state index is 8.10. The quantitative estimate of drug-likeness (QED) is 0.350. The number of imidazole rings is 1. The Morgan fingerprint density at radius 3 is 3.30 bits per heavy atom. The first-order valence-corrected chi connectivity index (χ1v) is 3.03. The van der Waals surface area contributed by atoms with Gasteiger partial charge in [-0.1, -0.05) is 0 Å². The molecule has 0 aliphatic heterocycles. The Hall–Kier alpha value is -1.50. The third kappa shape index (κ3) is 1.78. The first-order valence-electron chi connectivity index (χ1n) is 3.03. The number of hydrogen-bond acceptors (Lipinski definition) is 3. The van der Waals surface area contributed by atoms with Crippen molar-refractivity contribution in [1.29, 1.82) is 5.26 Å². The van der Waals surface area contributed by atoms with Gasteiger partial charge in [0.2, 0.25) is 0 Å². The lowest BCUT2D eigenvalue weighted by atomic mass is 10.4. The van der Waals surface area contributed by atoms with Gasteiger partial charge in [0.25, 0.3) is 0 Å². The van der Waals surface area contributed by atoms with Crippen molar-refractivity contribution < 1.29 is 0 Å². The number of rotatable bonds is 3. The summed E-state index contributed by atoms with van der Waals surface area (Å²) in [4.78, 5) is 6.92. The Labute approximate surface area is 58.9 Å². The maximum absolute atomic E-state index is 8.10. The Balaban J connectivity index is 2.23. The van der Waals surface area contributed by atoms with Gasteiger partial charge in [-0.25, -0.2) is 4.98 Å². The topological polar surface area (TPSA) is 64.5 Å². The second kappa shape index (κ2) is 3.51. The van der Waals surface area contributed by atoms with Crippen LogP contribution in [0.15, 0.2) is 12.4 Å². The number of aromatic amines is 1. The monoisotopic (exact) mass is 136 g/mol. The van der Waals surface area contributed by atoms with Gasteiger partial charge in [0.1, 0.15) is 5.82 Å². The second-order valence-electron chi connectivity index (χ2n) is 1.82. The first-order chi connectivity index (χ1) is 4.93. The molecule has 4 nitrogen and oxygen atoms in total. The van der Waals surface area contributed by atoms with Gasteiger partial charge in [-0.15, -0.1) is 0 Å². The summed E-state index contributed by atoms with van der Waals surface area (Å²) in [6.45, 7) is 0.643. The number of nitriles is 1. The third-order valence-corrected chi connectivity index (χ3v) is 1.12. The van der Waals surface area contributed by atoms with Crippen LogP contribution in [-0.4, -0.2) is 16.5 Å². The molecule has 0 radical (unpaired) electrons. The number of aromatic nitrogens is 2. The fraction of sp³-hybridized carbons (Fsp3) is 0.333. The van der Waals surface area contributed by atoms with Crippen molar-refractivity contribution in [2.75, 3.05) is 6.54 Å². The fourth-order valence-corrected chi connectivity index (χ4v) is 0.671. The van der Waals surface area contributed by atoms with Crippen molar-refractivity contribution in [3.05, 3.63) is 18.2 Å². The minimum Gasteiger partial charge on any atom is -0.349 e. The van der Waals surface area contributed by atoms with Gasteiger partial charge >= 0.3 is 0 Å². The van der Waals surface area contributed by atoms with Crippen LogP contribution in [0.4, 0.5) is 0 Å². The molecule has 52 valence electrons. The van der Waals surface area contributed by atoms with E-state index in [2.05, 4.69) is 15.3 Å². The molecule has 0 bridgehead atoms. The molecule has 10 heavy (non-hydrogen) atoms. The third-order valence-electron chi connectivity index (χ3n) is 1.12. The molecular formula is C6H8N4. The van der Waals surface area contributed by atoms with Gasteiger partial charge in [-0.05, 0) is 0 Å². The fourth-order valence-electron chi connectivity index (χ4n) is 0.671. The Morgan fingerprint density at radius 1 is 1.80 bits per heavy atom. The lowest BCUT2D eigenvalue weighted by Crippen LogP contribution is -2.10. The van der Waals surface area contributed by atoms with Crippen LogP contribution in [0.1, 0.15) is 5.82 Å². The van der Waals surface area contributed by atoms with Crippen LogP contribution in [0.5, 0.6) is 0 Å². The van der Waals surface area contributed by atoms with E-state index in [4.69, 9.17) is 5.26 Å². The molecule has 1 aromatic rings. The molecule has 0 fully saturated rings. The summed E-state index contributed by atoms with van der Waals surface area (Å²) < 4.78 is 0. The smallest absolute Gasteiger partial charge is 0.176 e. The van der Waals surface area contributed by atoms with Gasteiger partial charge < -0.3 is 10.3 Å². The molecule has 0 aromatic carbocycles. The molecule has 2 N–H and O–H groups in total. The van der Waals surface area contributed by atoms with E-state index in [1.165, 1.54) is 0 Å². The van der Waals surface area contributed by atoms with Gasteiger partial charge in [0.15, 0.2) is 6.19 Å². The zero-order valence-corrected chi connectivity index (χ0v) is 5.46. The molecule has 1 aromatic heterocycles. The van der Waals surface area contributed by atoms with E-state index >= 15 is 0 Å². The molecule has 1 rings (SSSR count). The standard InChI is InChI=1S/C6H8N4/c7-5-8-2-1-6-9-3-4-10-6/h3-4,8H,1-2H2,(H,9,10). The average Bonchev–Trinajstić information content (AvgIpc) is 2.41. The van der Waals surface area contributed by atoms with E-state index in [0.717, 1.165) is 12.2 Å². The normalized spacial score (nSPS) is 8.70.